The van der Waals surface area contributed by atoms with E-state index in [0.29, 0.717) is 13.2 Å². The molecule has 1 aliphatic rings. The SMILES string of the molecule is CCOc1ccc(CN(C)C[C@@]2(O)CCCN(C)C2)cc1. The molecule has 1 fully saturated rings. The predicted octanol–water partition coefficient (Wildman–Crippen LogP) is 1.97. The number of benzene rings is 1. The van der Waals surface area contributed by atoms with Crippen molar-refractivity contribution in [3.63, 3.8) is 0 Å². The van der Waals surface area contributed by atoms with Gasteiger partial charge in [-0.25, -0.2) is 0 Å². The van der Waals surface area contributed by atoms with Gasteiger partial charge < -0.3 is 14.7 Å². The molecule has 0 amide bonds. The zero-order chi connectivity index (χ0) is 15.3. The summed E-state index contributed by atoms with van der Waals surface area (Å²) in [5, 5.41) is 10.7. The van der Waals surface area contributed by atoms with Crippen LogP contribution in [0, 0.1) is 0 Å². The molecule has 21 heavy (non-hydrogen) atoms. The molecule has 0 bridgehead atoms. The molecule has 1 aliphatic heterocycles. The molecule has 1 N–H and O–H groups in total. The zero-order valence-electron chi connectivity index (χ0n) is 13.5. The molecule has 0 unspecified atom stereocenters. The van der Waals surface area contributed by atoms with Crippen LogP contribution >= 0.6 is 0 Å². The first-order chi connectivity index (χ1) is 10.0. The molecule has 1 aromatic rings. The van der Waals surface area contributed by atoms with E-state index in [4.69, 9.17) is 4.74 Å². The average molecular weight is 292 g/mol. The minimum atomic E-state index is -0.576. The van der Waals surface area contributed by atoms with E-state index in [-0.39, 0.29) is 0 Å². The summed E-state index contributed by atoms with van der Waals surface area (Å²) in [4.78, 5) is 4.42. The first kappa shape index (κ1) is 16.3. The topological polar surface area (TPSA) is 35.9 Å². The highest BCUT2D eigenvalue weighted by Crippen LogP contribution is 2.22. The van der Waals surface area contributed by atoms with Crippen LogP contribution in [-0.2, 0) is 6.54 Å². The second-order valence-electron chi connectivity index (χ2n) is 6.31. The number of rotatable bonds is 6. The third kappa shape index (κ3) is 4.99. The molecule has 118 valence electrons. The Balaban J connectivity index is 1.87. The highest BCUT2D eigenvalue weighted by molar-refractivity contribution is 5.27. The summed E-state index contributed by atoms with van der Waals surface area (Å²) in [7, 11) is 4.15. The van der Waals surface area contributed by atoms with Crippen molar-refractivity contribution in [3.05, 3.63) is 29.8 Å². The van der Waals surface area contributed by atoms with E-state index in [2.05, 4.69) is 36.0 Å². The fraction of sp³-hybridized carbons (Fsp3) is 0.647. The van der Waals surface area contributed by atoms with Gasteiger partial charge in [-0.1, -0.05) is 12.1 Å². The number of ether oxygens (including phenoxy) is 1. The second kappa shape index (κ2) is 7.25. The van der Waals surface area contributed by atoms with Gasteiger partial charge in [0, 0.05) is 19.6 Å². The van der Waals surface area contributed by atoms with Crippen LogP contribution in [0.4, 0.5) is 0 Å². The fourth-order valence-corrected chi connectivity index (χ4v) is 3.20. The summed E-state index contributed by atoms with van der Waals surface area (Å²) < 4.78 is 5.46. The Morgan fingerprint density at radius 1 is 1.33 bits per heavy atom. The lowest BCUT2D eigenvalue weighted by Gasteiger charge is -2.39. The van der Waals surface area contributed by atoms with Crippen LogP contribution in [0.1, 0.15) is 25.3 Å². The lowest BCUT2D eigenvalue weighted by atomic mass is 9.92. The smallest absolute Gasteiger partial charge is 0.119 e. The van der Waals surface area contributed by atoms with E-state index in [1.165, 1.54) is 5.56 Å². The average Bonchev–Trinajstić information content (AvgIpc) is 2.40. The minimum absolute atomic E-state index is 0.576. The summed E-state index contributed by atoms with van der Waals surface area (Å²) in [6.07, 6.45) is 1.97. The number of piperidine rings is 1. The number of hydrogen-bond acceptors (Lipinski definition) is 4. The fourth-order valence-electron chi connectivity index (χ4n) is 3.20. The van der Waals surface area contributed by atoms with Crippen molar-refractivity contribution in [3.8, 4) is 5.75 Å². The van der Waals surface area contributed by atoms with Gasteiger partial charge in [0.05, 0.1) is 12.2 Å². The summed E-state index contributed by atoms with van der Waals surface area (Å²) in [6, 6.07) is 8.21. The van der Waals surface area contributed by atoms with Gasteiger partial charge in [0.2, 0.25) is 0 Å². The number of likely N-dealkylation sites (tertiary alicyclic amines) is 1. The maximum atomic E-state index is 10.7. The van der Waals surface area contributed by atoms with Crippen LogP contribution in [0.25, 0.3) is 0 Å². The number of aliphatic hydroxyl groups is 1. The van der Waals surface area contributed by atoms with E-state index >= 15 is 0 Å². The number of hydrogen-bond donors (Lipinski definition) is 1. The Labute approximate surface area is 128 Å². The molecule has 0 radical (unpaired) electrons. The summed E-state index contributed by atoms with van der Waals surface area (Å²) in [5.74, 6) is 0.913. The summed E-state index contributed by atoms with van der Waals surface area (Å²) in [6.45, 7) is 6.10. The van der Waals surface area contributed by atoms with E-state index in [0.717, 1.165) is 38.2 Å². The molecule has 0 spiro atoms. The van der Waals surface area contributed by atoms with Gasteiger partial charge >= 0.3 is 0 Å². The molecule has 4 nitrogen and oxygen atoms in total. The Morgan fingerprint density at radius 2 is 2.05 bits per heavy atom. The maximum absolute atomic E-state index is 10.7. The summed E-state index contributed by atoms with van der Waals surface area (Å²) >= 11 is 0. The standard InChI is InChI=1S/C17H28N2O2/c1-4-21-16-8-6-15(7-9-16)12-19(3)14-17(20)10-5-11-18(2)13-17/h6-9,20H,4-5,10-14H2,1-3H3/t17-/m1/s1. The van der Waals surface area contributed by atoms with Crippen molar-refractivity contribution < 1.29 is 9.84 Å². The van der Waals surface area contributed by atoms with E-state index in [9.17, 15) is 5.11 Å². The van der Waals surface area contributed by atoms with Gasteiger partial charge in [-0.15, -0.1) is 0 Å². The van der Waals surface area contributed by atoms with Gasteiger partial charge in [-0.05, 0) is 58.1 Å². The quantitative estimate of drug-likeness (QED) is 0.869. The minimum Gasteiger partial charge on any atom is -0.494 e. The highest BCUT2D eigenvalue weighted by Gasteiger charge is 2.32. The molecule has 0 saturated carbocycles. The van der Waals surface area contributed by atoms with Gasteiger partial charge in [-0.3, -0.25) is 4.90 Å². The number of β-amino-alcohol motifs (C(OH)–C–C–N with tert-alkyl or cyclic N) is 1. The lowest BCUT2D eigenvalue weighted by molar-refractivity contribution is -0.0441. The van der Waals surface area contributed by atoms with Gasteiger partial charge in [-0.2, -0.15) is 0 Å². The van der Waals surface area contributed by atoms with E-state index in [1.807, 2.05) is 19.1 Å². The third-order valence-corrected chi connectivity index (χ3v) is 4.00. The van der Waals surface area contributed by atoms with Crippen molar-refractivity contribution in [1.29, 1.82) is 0 Å². The van der Waals surface area contributed by atoms with Gasteiger partial charge in [0.25, 0.3) is 0 Å². The molecule has 0 aliphatic carbocycles. The van der Waals surface area contributed by atoms with E-state index in [1.54, 1.807) is 0 Å². The molecule has 4 heteroatoms. The molecule has 1 saturated heterocycles. The molecule has 1 atom stereocenters. The molecule has 1 aromatic carbocycles. The van der Waals surface area contributed by atoms with Crippen LogP contribution in [0.2, 0.25) is 0 Å². The molecular weight excluding hydrogens is 264 g/mol. The zero-order valence-corrected chi connectivity index (χ0v) is 13.5. The van der Waals surface area contributed by atoms with Gasteiger partial charge in [0.15, 0.2) is 0 Å². The van der Waals surface area contributed by atoms with Crippen molar-refractivity contribution in [1.82, 2.24) is 9.80 Å². The van der Waals surface area contributed by atoms with Crippen molar-refractivity contribution in [2.45, 2.75) is 31.9 Å². The summed E-state index contributed by atoms with van der Waals surface area (Å²) in [5.41, 5.74) is 0.668. The maximum Gasteiger partial charge on any atom is 0.119 e. The molecule has 1 heterocycles. The Morgan fingerprint density at radius 3 is 2.67 bits per heavy atom. The Bertz CT molecular complexity index is 435. The van der Waals surface area contributed by atoms with Crippen LogP contribution < -0.4 is 4.74 Å². The number of nitrogens with zero attached hydrogens (tertiary/aromatic N) is 2. The normalized spacial score (nSPS) is 23.5. The van der Waals surface area contributed by atoms with Crippen LogP contribution in [0.15, 0.2) is 24.3 Å². The number of likely N-dealkylation sites (N-methyl/N-ethyl adjacent to an activating group) is 2. The lowest BCUT2D eigenvalue weighted by Crippen LogP contribution is -2.52. The Hall–Kier alpha value is -1.10. The van der Waals surface area contributed by atoms with Gasteiger partial charge in [0.1, 0.15) is 5.75 Å². The molecule has 0 aromatic heterocycles. The van der Waals surface area contributed by atoms with Crippen LogP contribution in [0.5, 0.6) is 5.75 Å². The molecule has 2 rings (SSSR count). The van der Waals surface area contributed by atoms with E-state index < -0.39 is 5.60 Å². The van der Waals surface area contributed by atoms with Crippen LogP contribution in [0.3, 0.4) is 0 Å². The van der Waals surface area contributed by atoms with Crippen molar-refractivity contribution >= 4 is 0 Å². The first-order valence-electron chi connectivity index (χ1n) is 7.82. The monoisotopic (exact) mass is 292 g/mol. The third-order valence-electron chi connectivity index (χ3n) is 4.00. The Kier molecular flexibility index (Phi) is 5.62. The van der Waals surface area contributed by atoms with Crippen molar-refractivity contribution in [2.24, 2.45) is 0 Å². The van der Waals surface area contributed by atoms with Crippen LogP contribution in [-0.4, -0.2) is 60.8 Å². The predicted molar refractivity (Wildman–Crippen MR) is 85.6 cm³/mol. The molecular formula is C17H28N2O2. The first-order valence-corrected chi connectivity index (χ1v) is 7.82. The van der Waals surface area contributed by atoms with Crippen molar-refractivity contribution in [2.75, 3.05) is 40.3 Å². The highest BCUT2D eigenvalue weighted by atomic mass is 16.5. The second-order valence-corrected chi connectivity index (χ2v) is 6.31. The largest absolute Gasteiger partial charge is 0.494 e.